The Kier molecular flexibility index (Phi) is 3.87. The number of aromatic nitrogens is 2. The van der Waals surface area contributed by atoms with Crippen LogP contribution in [0.2, 0.25) is 0 Å². The van der Waals surface area contributed by atoms with Crippen molar-refractivity contribution in [2.45, 2.75) is 26.7 Å². The van der Waals surface area contributed by atoms with Gasteiger partial charge in [-0.15, -0.1) is 0 Å². The fourth-order valence-electron chi connectivity index (χ4n) is 2.80. The van der Waals surface area contributed by atoms with Crippen molar-refractivity contribution in [3.05, 3.63) is 60.1 Å². The Morgan fingerprint density at radius 2 is 2.00 bits per heavy atom. The number of rotatable bonds is 1. The topological polar surface area (TPSA) is 28.7 Å². The third-order valence-corrected chi connectivity index (χ3v) is 3.80. The molecule has 3 aromatic rings. The number of nitrogens with zero attached hydrogens (tertiary/aromatic N) is 1. The molecule has 2 heterocycles. The molecule has 0 bridgehead atoms. The molecule has 0 spiro atoms. The summed E-state index contributed by atoms with van der Waals surface area (Å²) >= 11 is 0. The Morgan fingerprint density at radius 1 is 1.10 bits per heavy atom. The predicted octanol–water partition coefficient (Wildman–Crippen LogP) is 5.22. The second kappa shape index (κ2) is 5.96. The monoisotopic (exact) mass is 276 g/mol. The number of aryl methyl sites for hydroxylation is 1. The number of hydrogen-bond donors (Lipinski definition) is 1. The number of nitrogens with one attached hydrogen (secondary N) is 1. The first kappa shape index (κ1) is 13.6. The lowest BCUT2D eigenvalue weighted by molar-refractivity contribution is 0.972. The minimum atomic E-state index is 1.10. The van der Waals surface area contributed by atoms with Gasteiger partial charge in [-0.05, 0) is 53.1 Å². The highest BCUT2D eigenvalue weighted by atomic mass is 14.7. The van der Waals surface area contributed by atoms with E-state index < -0.39 is 0 Å². The van der Waals surface area contributed by atoms with Crippen molar-refractivity contribution in [1.82, 2.24) is 9.97 Å². The van der Waals surface area contributed by atoms with Gasteiger partial charge in [-0.1, -0.05) is 32.1 Å². The molecule has 0 radical (unpaired) electrons. The Bertz CT molecular complexity index is 781. The molecular weight excluding hydrogens is 256 g/mol. The van der Waals surface area contributed by atoms with Crippen LogP contribution in [0.5, 0.6) is 0 Å². The van der Waals surface area contributed by atoms with Gasteiger partial charge in [-0.2, -0.15) is 0 Å². The fraction of sp³-hybridized carbons (Fsp3) is 0.211. The van der Waals surface area contributed by atoms with E-state index in [-0.39, 0.29) is 0 Å². The van der Waals surface area contributed by atoms with Crippen LogP contribution in [0, 0.1) is 0 Å². The summed E-state index contributed by atoms with van der Waals surface area (Å²) in [7, 11) is 0. The van der Waals surface area contributed by atoms with Gasteiger partial charge in [-0.25, -0.2) is 0 Å². The van der Waals surface area contributed by atoms with E-state index >= 15 is 0 Å². The maximum atomic E-state index is 4.40. The maximum absolute atomic E-state index is 4.40. The molecule has 0 unspecified atom stereocenters. The minimum absolute atomic E-state index is 1.10. The summed E-state index contributed by atoms with van der Waals surface area (Å²) < 4.78 is 0. The van der Waals surface area contributed by atoms with E-state index in [1.165, 1.54) is 33.2 Å². The molecule has 106 valence electrons. The third kappa shape index (κ3) is 2.49. The van der Waals surface area contributed by atoms with Gasteiger partial charge in [0, 0.05) is 29.7 Å². The molecule has 1 N–H and O–H groups in total. The highest BCUT2D eigenvalue weighted by molar-refractivity contribution is 5.87. The van der Waals surface area contributed by atoms with Crippen LogP contribution in [0.15, 0.2) is 48.9 Å². The van der Waals surface area contributed by atoms with E-state index in [1.807, 2.05) is 32.4 Å². The predicted molar refractivity (Wildman–Crippen MR) is 90.2 cm³/mol. The van der Waals surface area contributed by atoms with Gasteiger partial charge in [0.2, 0.25) is 0 Å². The van der Waals surface area contributed by atoms with Gasteiger partial charge in [0.05, 0.1) is 0 Å². The zero-order valence-electron chi connectivity index (χ0n) is 12.6. The Balaban J connectivity index is 0.000000636. The van der Waals surface area contributed by atoms with Gasteiger partial charge in [0.15, 0.2) is 0 Å². The van der Waals surface area contributed by atoms with Crippen molar-refractivity contribution in [3.63, 3.8) is 0 Å². The first-order valence-electron chi connectivity index (χ1n) is 7.63. The van der Waals surface area contributed by atoms with E-state index in [9.17, 15) is 0 Å². The van der Waals surface area contributed by atoms with E-state index in [0.29, 0.717) is 0 Å². The maximum Gasteiger partial charge on any atom is 0.0454 e. The van der Waals surface area contributed by atoms with Gasteiger partial charge in [0.25, 0.3) is 0 Å². The summed E-state index contributed by atoms with van der Waals surface area (Å²) in [5, 5.41) is 1.25. The van der Waals surface area contributed by atoms with E-state index in [4.69, 9.17) is 0 Å². The van der Waals surface area contributed by atoms with E-state index in [2.05, 4.69) is 46.4 Å². The number of H-pyrrole nitrogens is 1. The molecule has 0 atom stereocenters. The first-order valence-corrected chi connectivity index (χ1v) is 7.63. The summed E-state index contributed by atoms with van der Waals surface area (Å²) in [6.07, 6.45) is 12.7. The normalized spacial score (nSPS) is 12.7. The number of hydrogen-bond acceptors (Lipinski definition) is 1. The van der Waals surface area contributed by atoms with Crippen LogP contribution in [0.1, 0.15) is 31.4 Å². The highest BCUT2D eigenvalue weighted by Crippen LogP contribution is 2.31. The average molecular weight is 276 g/mol. The molecular formula is C19H20N2. The van der Waals surface area contributed by atoms with Crippen LogP contribution >= 0.6 is 0 Å². The number of pyridine rings is 1. The number of aromatic amines is 1. The van der Waals surface area contributed by atoms with Crippen molar-refractivity contribution in [2.75, 3.05) is 0 Å². The molecule has 4 rings (SSSR count). The minimum Gasteiger partial charge on any atom is -0.361 e. The van der Waals surface area contributed by atoms with Crippen molar-refractivity contribution in [2.24, 2.45) is 0 Å². The Hall–Kier alpha value is -2.35. The molecule has 0 fully saturated rings. The Labute approximate surface area is 125 Å². The molecule has 21 heavy (non-hydrogen) atoms. The second-order valence-corrected chi connectivity index (χ2v) is 4.98. The molecule has 2 nitrogen and oxygen atoms in total. The van der Waals surface area contributed by atoms with Crippen LogP contribution in [-0.2, 0) is 6.42 Å². The highest BCUT2D eigenvalue weighted by Gasteiger charge is 2.11. The van der Waals surface area contributed by atoms with Crippen molar-refractivity contribution in [1.29, 1.82) is 0 Å². The van der Waals surface area contributed by atoms with E-state index in [0.717, 1.165) is 12.8 Å². The zero-order chi connectivity index (χ0) is 14.7. The summed E-state index contributed by atoms with van der Waals surface area (Å²) in [6, 6.07) is 8.64. The Morgan fingerprint density at radius 3 is 2.90 bits per heavy atom. The molecule has 0 aliphatic heterocycles. The van der Waals surface area contributed by atoms with Gasteiger partial charge >= 0.3 is 0 Å². The fourth-order valence-corrected chi connectivity index (χ4v) is 2.80. The standard InChI is InChI=1S/C17H14N2.C2H6/c1-2-4-15-14(3-1)10-18-11-16(15)12-5-6-17-13(9-12)7-8-19-17;1-2/h2,4-11,19H,1,3H2;1-2H3. The second-order valence-electron chi connectivity index (χ2n) is 4.98. The van der Waals surface area contributed by atoms with Crippen LogP contribution in [0.4, 0.5) is 0 Å². The SMILES string of the molecule is C1=Cc2c(cncc2-c2ccc3[nH]ccc3c2)CC1.CC. The molecule has 1 aromatic carbocycles. The number of benzene rings is 1. The summed E-state index contributed by atoms with van der Waals surface area (Å²) in [5.41, 5.74) is 6.34. The molecule has 1 aliphatic carbocycles. The average Bonchev–Trinajstić information content (AvgIpc) is 3.04. The molecule has 1 aliphatic rings. The molecule has 0 saturated heterocycles. The van der Waals surface area contributed by atoms with Crippen molar-refractivity contribution in [3.8, 4) is 11.1 Å². The molecule has 0 amide bonds. The van der Waals surface area contributed by atoms with Gasteiger partial charge < -0.3 is 4.98 Å². The number of allylic oxidation sites excluding steroid dienone is 1. The van der Waals surface area contributed by atoms with Crippen LogP contribution < -0.4 is 0 Å². The summed E-state index contributed by atoms with van der Waals surface area (Å²) in [4.78, 5) is 7.63. The quantitative estimate of drug-likeness (QED) is 0.649. The zero-order valence-corrected chi connectivity index (χ0v) is 12.6. The van der Waals surface area contributed by atoms with E-state index in [1.54, 1.807) is 0 Å². The first-order chi connectivity index (χ1) is 10.4. The lowest BCUT2D eigenvalue weighted by Gasteiger charge is -2.14. The largest absolute Gasteiger partial charge is 0.361 e. The smallest absolute Gasteiger partial charge is 0.0454 e. The summed E-state index contributed by atoms with van der Waals surface area (Å²) in [5.74, 6) is 0. The molecule has 0 saturated carbocycles. The van der Waals surface area contributed by atoms with Crippen molar-refractivity contribution < 1.29 is 0 Å². The molecule has 2 aromatic heterocycles. The lowest BCUT2D eigenvalue weighted by Crippen LogP contribution is -1.97. The molecule has 2 heteroatoms. The van der Waals surface area contributed by atoms with Gasteiger partial charge in [0.1, 0.15) is 0 Å². The third-order valence-electron chi connectivity index (χ3n) is 3.80. The van der Waals surface area contributed by atoms with Crippen LogP contribution in [0.3, 0.4) is 0 Å². The summed E-state index contributed by atoms with van der Waals surface area (Å²) in [6.45, 7) is 4.00. The van der Waals surface area contributed by atoms with Crippen LogP contribution in [-0.4, -0.2) is 9.97 Å². The van der Waals surface area contributed by atoms with Crippen LogP contribution in [0.25, 0.3) is 28.1 Å². The van der Waals surface area contributed by atoms with Gasteiger partial charge in [-0.3, -0.25) is 4.98 Å². The van der Waals surface area contributed by atoms with Crippen molar-refractivity contribution >= 4 is 17.0 Å². The number of fused-ring (bicyclic) bond motifs is 2. The lowest BCUT2D eigenvalue weighted by atomic mass is 9.92.